The van der Waals surface area contributed by atoms with Gasteiger partial charge in [0.25, 0.3) is 0 Å². The van der Waals surface area contributed by atoms with Gasteiger partial charge in [0.15, 0.2) is 0 Å². The molecule has 3 heterocycles. The van der Waals surface area contributed by atoms with Crippen LogP contribution in [-0.2, 0) is 9.53 Å². The zero-order chi connectivity index (χ0) is 16.8. The van der Waals surface area contributed by atoms with Crippen molar-refractivity contribution < 1.29 is 9.53 Å². The molecule has 0 atom stereocenters. The number of piperazine rings is 1. The van der Waals surface area contributed by atoms with Gasteiger partial charge in [-0.05, 0) is 12.5 Å². The molecule has 0 bridgehead atoms. The Balaban J connectivity index is 1.57. The minimum atomic E-state index is 0.285. The number of anilines is 2. The monoisotopic (exact) mass is 333 g/mol. The van der Waals surface area contributed by atoms with Crippen molar-refractivity contribution in [3.05, 3.63) is 12.3 Å². The number of morpholine rings is 1. The lowest BCUT2D eigenvalue weighted by Crippen LogP contribution is -2.49. The average Bonchev–Trinajstić information content (AvgIpc) is 2.67. The molecule has 0 unspecified atom stereocenters. The summed E-state index contributed by atoms with van der Waals surface area (Å²) in [6, 6.07) is 1.96. The van der Waals surface area contributed by atoms with Crippen LogP contribution in [0.4, 0.5) is 11.8 Å². The van der Waals surface area contributed by atoms with Gasteiger partial charge < -0.3 is 19.4 Å². The summed E-state index contributed by atoms with van der Waals surface area (Å²) in [7, 11) is 0. The van der Waals surface area contributed by atoms with E-state index in [2.05, 4.69) is 21.7 Å². The highest BCUT2D eigenvalue weighted by molar-refractivity contribution is 5.76. The number of aromatic nitrogens is 2. The normalized spacial score (nSPS) is 18.8. The maximum Gasteiger partial charge on any atom is 0.227 e. The topological polar surface area (TPSA) is 61.8 Å². The van der Waals surface area contributed by atoms with E-state index < -0.39 is 0 Å². The van der Waals surface area contributed by atoms with Gasteiger partial charge >= 0.3 is 0 Å². The predicted molar refractivity (Wildman–Crippen MR) is 93.4 cm³/mol. The van der Waals surface area contributed by atoms with Crippen LogP contribution in [0.25, 0.3) is 0 Å². The van der Waals surface area contributed by atoms with Crippen LogP contribution >= 0.6 is 0 Å². The summed E-state index contributed by atoms with van der Waals surface area (Å²) in [4.78, 5) is 27.6. The number of hydrogen-bond donors (Lipinski definition) is 0. The lowest BCUT2D eigenvalue weighted by atomic mass is 10.2. The summed E-state index contributed by atoms with van der Waals surface area (Å²) in [6.45, 7) is 8.46. The molecule has 1 aromatic rings. The Morgan fingerprint density at radius 3 is 2.58 bits per heavy atom. The second-order valence-electron chi connectivity index (χ2n) is 6.29. The Kier molecular flexibility index (Phi) is 5.85. The van der Waals surface area contributed by atoms with Crippen LogP contribution in [0.3, 0.4) is 0 Å². The maximum atomic E-state index is 12.1. The van der Waals surface area contributed by atoms with Crippen LogP contribution in [0.1, 0.15) is 26.2 Å². The second kappa shape index (κ2) is 8.28. The Bertz CT molecular complexity index is 540. The molecule has 2 aliphatic rings. The van der Waals surface area contributed by atoms with Gasteiger partial charge in [0, 0.05) is 51.9 Å². The molecular weight excluding hydrogens is 306 g/mol. The van der Waals surface area contributed by atoms with Crippen molar-refractivity contribution in [3.8, 4) is 0 Å². The predicted octanol–water partition coefficient (Wildman–Crippen LogP) is 1.15. The molecule has 7 heteroatoms. The summed E-state index contributed by atoms with van der Waals surface area (Å²) in [5.41, 5.74) is 0. The van der Waals surface area contributed by atoms with Gasteiger partial charge in [-0.15, -0.1) is 0 Å². The van der Waals surface area contributed by atoms with Crippen molar-refractivity contribution >= 4 is 17.7 Å². The van der Waals surface area contributed by atoms with Crippen LogP contribution in [-0.4, -0.2) is 73.3 Å². The fourth-order valence-corrected chi connectivity index (χ4v) is 3.10. The third-order valence-corrected chi connectivity index (χ3v) is 4.62. The molecule has 0 aliphatic carbocycles. The van der Waals surface area contributed by atoms with Gasteiger partial charge in [-0.2, -0.15) is 4.98 Å². The van der Waals surface area contributed by atoms with Crippen molar-refractivity contribution in [1.82, 2.24) is 14.9 Å². The van der Waals surface area contributed by atoms with E-state index in [4.69, 9.17) is 9.72 Å². The van der Waals surface area contributed by atoms with E-state index in [1.54, 1.807) is 0 Å². The van der Waals surface area contributed by atoms with Crippen molar-refractivity contribution in [3.63, 3.8) is 0 Å². The van der Waals surface area contributed by atoms with E-state index in [-0.39, 0.29) is 5.91 Å². The summed E-state index contributed by atoms with van der Waals surface area (Å²) in [6.07, 6.45) is 4.54. The first-order valence-corrected chi connectivity index (χ1v) is 8.96. The zero-order valence-electron chi connectivity index (χ0n) is 14.5. The number of rotatable bonds is 5. The molecule has 1 aromatic heterocycles. The highest BCUT2D eigenvalue weighted by Crippen LogP contribution is 2.18. The van der Waals surface area contributed by atoms with E-state index in [0.717, 1.165) is 77.1 Å². The van der Waals surface area contributed by atoms with Crippen LogP contribution < -0.4 is 9.80 Å². The van der Waals surface area contributed by atoms with Crippen molar-refractivity contribution in [1.29, 1.82) is 0 Å². The number of amides is 1. The van der Waals surface area contributed by atoms with Gasteiger partial charge in [-0.3, -0.25) is 4.79 Å². The van der Waals surface area contributed by atoms with Crippen LogP contribution in [0.2, 0.25) is 0 Å². The fourth-order valence-electron chi connectivity index (χ4n) is 3.10. The molecule has 2 fully saturated rings. The quantitative estimate of drug-likeness (QED) is 0.806. The Hall–Kier alpha value is -1.89. The Labute approximate surface area is 143 Å². The highest BCUT2D eigenvalue weighted by atomic mass is 16.5. The lowest BCUT2D eigenvalue weighted by Gasteiger charge is -2.36. The number of nitrogens with zero attached hydrogens (tertiary/aromatic N) is 5. The molecule has 0 aromatic carbocycles. The zero-order valence-corrected chi connectivity index (χ0v) is 14.5. The van der Waals surface area contributed by atoms with Crippen molar-refractivity contribution in [2.75, 3.05) is 62.3 Å². The molecule has 2 aliphatic heterocycles. The maximum absolute atomic E-state index is 12.1. The van der Waals surface area contributed by atoms with Gasteiger partial charge in [-0.1, -0.05) is 13.3 Å². The minimum Gasteiger partial charge on any atom is -0.378 e. The molecule has 0 saturated carbocycles. The second-order valence-corrected chi connectivity index (χ2v) is 6.29. The molecule has 1 amide bonds. The molecular formula is C17H27N5O2. The standard InChI is InChI=1S/C17H27N5O2/c1-2-3-4-16(23)21-9-7-20(8-10-21)15-5-6-18-17(19-15)22-11-13-24-14-12-22/h5-6H,2-4,7-14H2,1H3. The van der Waals surface area contributed by atoms with Crippen LogP contribution in [0.5, 0.6) is 0 Å². The van der Waals surface area contributed by atoms with Gasteiger partial charge in [0.2, 0.25) is 11.9 Å². The number of unbranched alkanes of at least 4 members (excludes halogenated alkanes) is 1. The van der Waals surface area contributed by atoms with Gasteiger partial charge in [-0.25, -0.2) is 4.98 Å². The largest absolute Gasteiger partial charge is 0.378 e. The van der Waals surface area contributed by atoms with E-state index in [9.17, 15) is 4.79 Å². The number of hydrogen-bond acceptors (Lipinski definition) is 6. The van der Waals surface area contributed by atoms with Gasteiger partial charge in [0.05, 0.1) is 13.2 Å². The first-order chi connectivity index (χ1) is 11.8. The molecule has 2 saturated heterocycles. The smallest absolute Gasteiger partial charge is 0.227 e. The minimum absolute atomic E-state index is 0.285. The first kappa shape index (κ1) is 17.0. The SMILES string of the molecule is CCCCC(=O)N1CCN(c2ccnc(N3CCOCC3)n2)CC1. The third kappa shape index (κ3) is 4.14. The van der Waals surface area contributed by atoms with Crippen molar-refractivity contribution in [2.45, 2.75) is 26.2 Å². The molecule has 0 radical (unpaired) electrons. The molecule has 132 valence electrons. The van der Waals surface area contributed by atoms with Gasteiger partial charge in [0.1, 0.15) is 5.82 Å². The van der Waals surface area contributed by atoms with E-state index in [1.165, 1.54) is 0 Å². The molecule has 0 spiro atoms. The molecule has 24 heavy (non-hydrogen) atoms. The number of carbonyl (C=O) groups excluding carboxylic acids is 1. The molecule has 0 N–H and O–H groups in total. The number of ether oxygens (including phenoxy) is 1. The van der Waals surface area contributed by atoms with E-state index in [0.29, 0.717) is 6.42 Å². The Morgan fingerprint density at radius 2 is 1.88 bits per heavy atom. The third-order valence-electron chi connectivity index (χ3n) is 4.62. The number of carbonyl (C=O) groups is 1. The average molecular weight is 333 g/mol. The lowest BCUT2D eigenvalue weighted by molar-refractivity contribution is -0.131. The summed E-state index contributed by atoms with van der Waals surface area (Å²) < 4.78 is 5.38. The fraction of sp³-hybridized carbons (Fsp3) is 0.706. The van der Waals surface area contributed by atoms with E-state index in [1.807, 2.05) is 17.2 Å². The molecule has 3 rings (SSSR count). The molecule has 7 nitrogen and oxygen atoms in total. The summed E-state index contributed by atoms with van der Waals surface area (Å²) >= 11 is 0. The Morgan fingerprint density at radius 1 is 1.12 bits per heavy atom. The summed E-state index contributed by atoms with van der Waals surface area (Å²) in [5.74, 6) is 2.01. The van der Waals surface area contributed by atoms with E-state index >= 15 is 0 Å². The van der Waals surface area contributed by atoms with Crippen LogP contribution in [0.15, 0.2) is 12.3 Å². The summed E-state index contributed by atoms with van der Waals surface area (Å²) in [5, 5.41) is 0. The van der Waals surface area contributed by atoms with Crippen LogP contribution in [0, 0.1) is 0 Å². The van der Waals surface area contributed by atoms with Crippen molar-refractivity contribution in [2.24, 2.45) is 0 Å². The highest BCUT2D eigenvalue weighted by Gasteiger charge is 2.22. The first-order valence-electron chi connectivity index (χ1n) is 8.96.